The third-order valence-electron chi connectivity index (χ3n) is 10.6. The molecule has 2 heterocycles. The zero-order chi connectivity index (χ0) is 40.7. The fourth-order valence-electron chi connectivity index (χ4n) is 7.21. The standard InChI is InChI=1S/C44H48ClN5O5S3/c1-57(52,53)43-30-40(20-21-42(43)46-37(22-25-48-23-7-24-48)32-56-39-9-3-2-4-10-39)58(54,55)47-44(51)34-14-18-38(19-15-34)50-28-26-49(27-29-50)31-35-8-5-6-11-41(35)33-12-16-36(45)17-13-33/h2-6,8-21,30,37,46H,7,22-29,31-32H2,1H3,(H,47,51)/t37-/m1/s1. The zero-order valence-corrected chi connectivity index (χ0v) is 35.6. The summed E-state index contributed by atoms with van der Waals surface area (Å²) in [6, 6.07) is 37.0. The van der Waals surface area contributed by atoms with Crippen molar-refractivity contribution in [3.05, 3.63) is 137 Å². The normalized spacial score (nSPS) is 15.7. The van der Waals surface area contributed by atoms with Crippen LogP contribution in [0, 0.1) is 0 Å². The van der Waals surface area contributed by atoms with E-state index in [1.54, 1.807) is 23.9 Å². The van der Waals surface area contributed by atoms with Crippen molar-refractivity contribution in [2.45, 2.75) is 40.1 Å². The van der Waals surface area contributed by atoms with Crippen LogP contribution in [0.4, 0.5) is 11.4 Å². The Kier molecular flexibility index (Phi) is 13.5. The molecule has 14 heteroatoms. The van der Waals surface area contributed by atoms with Crippen LogP contribution in [0.5, 0.6) is 0 Å². The number of sulfonamides is 1. The Morgan fingerprint density at radius 2 is 1.47 bits per heavy atom. The minimum atomic E-state index is -4.41. The van der Waals surface area contributed by atoms with Crippen LogP contribution in [0.1, 0.15) is 28.8 Å². The third-order valence-corrected chi connectivity index (χ3v) is 14.5. The highest BCUT2D eigenvalue weighted by molar-refractivity contribution is 7.99. The quantitative estimate of drug-likeness (QED) is 0.0966. The van der Waals surface area contributed by atoms with Gasteiger partial charge >= 0.3 is 0 Å². The smallest absolute Gasteiger partial charge is 0.264 e. The topological polar surface area (TPSA) is 119 Å². The minimum absolute atomic E-state index is 0.0800. The summed E-state index contributed by atoms with van der Waals surface area (Å²) < 4.78 is 55.3. The first kappa shape index (κ1) is 41.8. The molecule has 7 rings (SSSR count). The van der Waals surface area contributed by atoms with E-state index >= 15 is 0 Å². The van der Waals surface area contributed by atoms with Gasteiger partial charge in [0, 0.05) is 78.5 Å². The van der Waals surface area contributed by atoms with Gasteiger partial charge in [0.1, 0.15) is 0 Å². The van der Waals surface area contributed by atoms with Crippen LogP contribution in [0.15, 0.2) is 136 Å². The molecule has 2 aliphatic heterocycles. The third kappa shape index (κ3) is 10.8. The van der Waals surface area contributed by atoms with Gasteiger partial charge in [-0.1, -0.05) is 66.2 Å². The number of anilines is 2. The molecule has 58 heavy (non-hydrogen) atoms. The number of carbonyl (C=O) groups excluding carboxylic acids is 1. The van der Waals surface area contributed by atoms with Crippen molar-refractivity contribution >= 4 is 60.5 Å². The fourth-order valence-corrected chi connectivity index (χ4v) is 10.3. The summed E-state index contributed by atoms with van der Waals surface area (Å²) in [4.78, 5) is 21.0. The van der Waals surface area contributed by atoms with Crippen molar-refractivity contribution in [3.8, 4) is 11.1 Å². The molecule has 0 aromatic heterocycles. The first-order chi connectivity index (χ1) is 27.9. The lowest BCUT2D eigenvalue weighted by molar-refractivity contribution is 0.0981. The van der Waals surface area contributed by atoms with Crippen LogP contribution < -0.4 is 14.9 Å². The van der Waals surface area contributed by atoms with E-state index in [1.165, 1.54) is 29.7 Å². The second kappa shape index (κ2) is 18.7. The molecule has 2 N–H and O–H groups in total. The van der Waals surface area contributed by atoms with Gasteiger partial charge < -0.3 is 15.1 Å². The lowest BCUT2D eigenvalue weighted by Crippen LogP contribution is -2.46. The number of amides is 1. The molecule has 304 valence electrons. The summed E-state index contributed by atoms with van der Waals surface area (Å²) in [5, 5.41) is 4.12. The fraction of sp³-hybridized carbons (Fsp3) is 0.295. The van der Waals surface area contributed by atoms with Crippen molar-refractivity contribution < 1.29 is 21.6 Å². The van der Waals surface area contributed by atoms with Gasteiger partial charge in [0.15, 0.2) is 9.84 Å². The number of sulfone groups is 1. The molecule has 0 aliphatic carbocycles. The van der Waals surface area contributed by atoms with Crippen LogP contribution in [0.25, 0.3) is 11.1 Å². The summed E-state index contributed by atoms with van der Waals surface area (Å²) in [6.07, 6.45) is 3.02. The predicted octanol–water partition coefficient (Wildman–Crippen LogP) is 7.52. The Balaban J connectivity index is 0.971. The Hall–Kier alpha value is -4.37. The molecule has 0 spiro atoms. The summed E-state index contributed by atoms with van der Waals surface area (Å²) in [5.74, 6) is -0.115. The number of likely N-dealkylation sites (tertiary alicyclic amines) is 1. The highest BCUT2D eigenvalue weighted by Gasteiger charge is 2.26. The van der Waals surface area contributed by atoms with Gasteiger partial charge in [0.25, 0.3) is 15.9 Å². The van der Waals surface area contributed by atoms with Gasteiger partial charge in [-0.15, -0.1) is 11.8 Å². The van der Waals surface area contributed by atoms with Crippen LogP contribution >= 0.6 is 23.4 Å². The summed E-state index contributed by atoms with van der Waals surface area (Å²) >= 11 is 7.80. The maximum atomic E-state index is 13.5. The lowest BCUT2D eigenvalue weighted by Gasteiger charge is -2.36. The maximum Gasteiger partial charge on any atom is 0.264 e. The first-order valence-electron chi connectivity index (χ1n) is 19.4. The second-order valence-corrected chi connectivity index (χ2v) is 20.0. The number of piperazine rings is 1. The summed E-state index contributed by atoms with van der Waals surface area (Å²) in [6.45, 7) is 7.09. The molecule has 10 nitrogen and oxygen atoms in total. The Morgan fingerprint density at radius 3 is 2.14 bits per heavy atom. The van der Waals surface area contributed by atoms with Crippen molar-refractivity contribution in [1.29, 1.82) is 0 Å². The zero-order valence-electron chi connectivity index (χ0n) is 32.4. The van der Waals surface area contributed by atoms with Gasteiger partial charge in [0.05, 0.1) is 15.5 Å². The average Bonchev–Trinajstić information content (AvgIpc) is 3.20. The molecule has 5 aromatic rings. The van der Waals surface area contributed by atoms with E-state index in [2.05, 4.69) is 42.9 Å². The molecule has 2 saturated heterocycles. The number of thioether (sulfide) groups is 1. The van der Waals surface area contributed by atoms with E-state index in [-0.39, 0.29) is 21.4 Å². The monoisotopic (exact) mass is 857 g/mol. The van der Waals surface area contributed by atoms with Gasteiger partial charge in [-0.2, -0.15) is 0 Å². The van der Waals surface area contributed by atoms with E-state index < -0.39 is 25.8 Å². The van der Waals surface area contributed by atoms with Gasteiger partial charge in [-0.3, -0.25) is 9.69 Å². The van der Waals surface area contributed by atoms with Gasteiger partial charge in [-0.05, 0) is 109 Å². The van der Waals surface area contributed by atoms with Crippen molar-refractivity contribution in [2.75, 3.05) is 68.0 Å². The number of carbonyl (C=O) groups is 1. The van der Waals surface area contributed by atoms with Gasteiger partial charge in [-0.25, -0.2) is 21.6 Å². The molecule has 1 amide bonds. The summed E-state index contributed by atoms with van der Waals surface area (Å²) in [7, 11) is -8.26. The van der Waals surface area contributed by atoms with E-state index in [0.717, 1.165) is 87.2 Å². The summed E-state index contributed by atoms with van der Waals surface area (Å²) in [5.41, 5.74) is 5.01. The lowest BCUT2D eigenvalue weighted by atomic mass is 9.99. The number of hydrogen-bond acceptors (Lipinski definition) is 10. The number of benzene rings is 5. The van der Waals surface area contributed by atoms with E-state index in [1.807, 2.05) is 72.8 Å². The number of nitrogens with one attached hydrogen (secondary N) is 2. The Labute approximate surface area is 351 Å². The molecule has 2 fully saturated rings. The molecular weight excluding hydrogens is 810 g/mol. The van der Waals surface area contributed by atoms with Crippen LogP contribution in [-0.2, 0) is 26.4 Å². The first-order valence-corrected chi connectivity index (χ1v) is 24.1. The van der Waals surface area contributed by atoms with Crippen LogP contribution in [0.2, 0.25) is 5.02 Å². The van der Waals surface area contributed by atoms with Crippen molar-refractivity contribution in [3.63, 3.8) is 0 Å². The molecular formula is C44H48ClN5O5S3. The van der Waals surface area contributed by atoms with E-state index in [4.69, 9.17) is 11.6 Å². The largest absolute Gasteiger partial charge is 0.380 e. The second-order valence-electron chi connectivity index (χ2n) is 14.8. The van der Waals surface area contributed by atoms with E-state index in [0.29, 0.717) is 16.5 Å². The molecule has 5 aromatic carbocycles. The molecule has 0 bridgehead atoms. The number of halogens is 1. The van der Waals surface area contributed by atoms with Gasteiger partial charge in [0.2, 0.25) is 0 Å². The average molecular weight is 859 g/mol. The molecule has 1 atom stereocenters. The van der Waals surface area contributed by atoms with Crippen molar-refractivity contribution in [1.82, 2.24) is 14.5 Å². The van der Waals surface area contributed by atoms with Crippen LogP contribution in [0.3, 0.4) is 0 Å². The SMILES string of the molecule is CS(=O)(=O)c1cc(S(=O)(=O)NC(=O)c2ccc(N3CCN(Cc4ccccc4-c4ccc(Cl)cc4)CC3)cc2)ccc1N[C@H](CCN1CCC1)CSc1ccccc1. The van der Waals surface area contributed by atoms with Crippen molar-refractivity contribution in [2.24, 2.45) is 0 Å². The number of hydrogen-bond donors (Lipinski definition) is 2. The van der Waals surface area contributed by atoms with E-state index in [9.17, 15) is 21.6 Å². The number of nitrogens with zero attached hydrogens (tertiary/aromatic N) is 3. The maximum absolute atomic E-state index is 13.5. The minimum Gasteiger partial charge on any atom is -0.380 e. The predicted molar refractivity (Wildman–Crippen MR) is 235 cm³/mol. The molecule has 0 saturated carbocycles. The Morgan fingerprint density at radius 1 is 0.776 bits per heavy atom. The molecule has 0 unspecified atom stereocenters. The Bertz CT molecular complexity index is 2410. The highest BCUT2D eigenvalue weighted by atomic mass is 35.5. The molecule has 2 aliphatic rings. The number of rotatable bonds is 16. The molecule has 0 radical (unpaired) electrons. The highest BCUT2D eigenvalue weighted by Crippen LogP contribution is 2.30. The van der Waals surface area contributed by atoms with Crippen LogP contribution in [-0.4, -0.2) is 96.4 Å².